The molecule has 2 N–H and O–H groups in total. The van der Waals surface area contributed by atoms with Crippen molar-refractivity contribution in [1.82, 2.24) is 9.88 Å². The number of hydrogen-bond acceptors (Lipinski definition) is 7. The van der Waals surface area contributed by atoms with Crippen LogP contribution in [0.1, 0.15) is 22.1 Å². The van der Waals surface area contributed by atoms with E-state index in [0.717, 1.165) is 0 Å². The maximum atomic E-state index is 12.6. The highest BCUT2D eigenvalue weighted by Gasteiger charge is 2.38. The van der Waals surface area contributed by atoms with Crippen LogP contribution in [0.2, 0.25) is 0 Å². The SMILES string of the molecule is Cc1noc(C)c1S(=O)(=O)NC[C@](O)(c1ccco1)c1cccs1. The molecule has 0 unspecified atom stereocenters. The van der Waals surface area contributed by atoms with Gasteiger partial charge in [0.05, 0.1) is 12.8 Å². The average molecular weight is 368 g/mol. The fourth-order valence-corrected chi connectivity index (χ4v) is 4.67. The highest BCUT2D eigenvalue weighted by Crippen LogP contribution is 2.33. The first-order chi connectivity index (χ1) is 11.3. The molecule has 0 fully saturated rings. The molecule has 0 radical (unpaired) electrons. The van der Waals surface area contributed by atoms with Gasteiger partial charge in [0.2, 0.25) is 10.0 Å². The fraction of sp³-hybridized carbons (Fsp3) is 0.267. The summed E-state index contributed by atoms with van der Waals surface area (Å²) in [6.07, 6.45) is 1.43. The fourth-order valence-electron chi connectivity index (χ4n) is 2.45. The Bertz CT molecular complexity index is 858. The molecule has 3 aromatic rings. The van der Waals surface area contributed by atoms with E-state index in [1.807, 2.05) is 0 Å². The molecule has 0 aliphatic heterocycles. The molecular formula is C15H16N2O5S2. The Balaban J connectivity index is 1.93. The third-order valence-corrected chi connectivity index (χ3v) is 6.28. The molecule has 0 amide bonds. The van der Waals surface area contributed by atoms with Gasteiger partial charge < -0.3 is 14.0 Å². The summed E-state index contributed by atoms with van der Waals surface area (Å²) in [5.74, 6) is 0.448. The Kier molecular flexibility index (Phi) is 4.35. The van der Waals surface area contributed by atoms with Crippen molar-refractivity contribution in [3.63, 3.8) is 0 Å². The lowest BCUT2D eigenvalue weighted by Crippen LogP contribution is -2.41. The van der Waals surface area contributed by atoms with E-state index < -0.39 is 15.6 Å². The lowest BCUT2D eigenvalue weighted by molar-refractivity contribution is 0.0655. The Morgan fingerprint density at radius 1 is 1.33 bits per heavy atom. The molecule has 0 bridgehead atoms. The van der Waals surface area contributed by atoms with E-state index in [9.17, 15) is 13.5 Å². The molecule has 24 heavy (non-hydrogen) atoms. The standard InChI is InChI=1S/C15H16N2O5S2/c1-10-14(11(2)22-17-10)24(19,20)16-9-15(18,12-5-3-7-21-12)13-6-4-8-23-13/h3-8,16,18H,9H2,1-2H3/t15-/m0/s1. The van der Waals surface area contributed by atoms with Gasteiger partial charge >= 0.3 is 0 Å². The first kappa shape index (κ1) is 16.9. The largest absolute Gasteiger partial charge is 0.466 e. The van der Waals surface area contributed by atoms with Crippen molar-refractivity contribution in [2.45, 2.75) is 24.3 Å². The van der Waals surface area contributed by atoms with Crippen molar-refractivity contribution in [3.8, 4) is 0 Å². The van der Waals surface area contributed by atoms with E-state index in [1.165, 1.54) is 24.5 Å². The Hall–Kier alpha value is -1.94. The second kappa shape index (κ2) is 6.17. The first-order valence-corrected chi connectivity index (χ1v) is 9.44. The Labute approximate surface area is 143 Å². The van der Waals surface area contributed by atoms with Crippen LogP contribution in [0.3, 0.4) is 0 Å². The summed E-state index contributed by atoms with van der Waals surface area (Å²) in [6, 6.07) is 6.73. The number of nitrogens with zero attached hydrogens (tertiary/aromatic N) is 1. The average Bonchev–Trinajstić information content (AvgIpc) is 3.27. The van der Waals surface area contributed by atoms with Crippen LogP contribution in [0.15, 0.2) is 49.7 Å². The second-order valence-corrected chi connectivity index (χ2v) is 7.94. The number of thiophene rings is 1. The van der Waals surface area contributed by atoms with Gasteiger partial charge in [-0.1, -0.05) is 11.2 Å². The monoisotopic (exact) mass is 368 g/mol. The lowest BCUT2D eigenvalue weighted by Gasteiger charge is -2.25. The summed E-state index contributed by atoms with van der Waals surface area (Å²) < 4.78 is 37.8. The van der Waals surface area contributed by atoms with Crippen molar-refractivity contribution in [3.05, 3.63) is 58.0 Å². The van der Waals surface area contributed by atoms with E-state index in [1.54, 1.807) is 36.6 Å². The Morgan fingerprint density at radius 3 is 2.67 bits per heavy atom. The molecule has 3 aromatic heterocycles. The summed E-state index contributed by atoms with van der Waals surface area (Å²) in [5, 5.41) is 16.5. The van der Waals surface area contributed by atoms with Gasteiger partial charge in [0, 0.05) is 4.88 Å². The molecule has 1 atom stereocenters. The molecule has 7 nitrogen and oxygen atoms in total. The predicted molar refractivity (Wildman–Crippen MR) is 87.2 cm³/mol. The van der Waals surface area contributed by atoms with Gasteiger partial charge in [-0.3, -0.25) is 0 Å². The summed E-state index contributed by atoms with van der Waals surface area (Å²) in [6.45, 7) is 2.78. The van der Waals surface area contributed by atoms with Gasteiger partial charge in [-0.25, -0.2) is 13.1 Å². The first-order valence-electron chi connectivity index (χ1n) is 7.07. The predicted octanol–water partition coefficient (Wildman–Crippen LogP) is 2.16. The molecule has 0 saturated carbocycles. The van der Waals surface area contributed by atoms with Crippen LogP contribution < -0.4 is 4.72 Å². The zero-order chi connectivity index (χ0) is 17.4. The van der Waals surface area contributed by atoms with Crippen molar-refractivity contribution in [1.29, 1.82) is 0 Å². The Morgan fingerprint density at radius 2 is 2.12 bits per heavy atom. The van der Waals surface area contributed by atoms with Crippen molar-refractivity contribution < 1.29 is 22.5 Å². The van der Waals surface area contributed by atoms with Gasteiger partial charge in [0.25, 0.3) is 0 Å². The number of aliphatic hydroxyl groups is 1. The zero-order valence-electron chi connectivity index (χ0n) is 13.0. The minimum absolute atomic E-state index is 0.0181. The topological polar surface area (TPSA) is 106 Å². The van der Waals surface area contributed by atoms with E-state index >= 15 is 0 Å². The maximum Gasteiger partial charge on any atom is 0.246 e. The summed E-state index contributed by atoms with van der Waals surface area (Å²) in [5.41, 5.74) is -1.35. The molecule has 3 rings (SSSR count). The summed E-state index contributed by atoms with van der Waals surface area (Å²) in [7, 11) is -3.90. The van der Waals surface area contributed by atoms with Gasteiger partial charge in [-0.2, -0.15) is 0 Å². The van der Waals surface area contributed by atoms with Crippen molar-refractivity contribution in [2.24, 2.45) is 0 Å². The normalized spacial score (nSPS) is 14.6. The lowest BCUT2D eigenvalue weighted by atomic mass is 9.99. The van der Waals surface area contributed by atoms with Crippen LogP contribution in [0.25, 0.3) is 0 Å². The summed E-state index contributed by atoms with van der Waals surface area (Å²) in [4.78, 5) is 0.550. The van der Waals surface area contributed by atoms with Crippen LogP contribution in [-0.4, -0.2) is 25.2 Å². The van der Waals surface area contributed by atoms with Gasteiger partial charge in [-0.15, -0.1) is 11.3 Å². The molecule has 0 aliphatic rings. The zero-order valence-corrected chi connectivity index (χ0v) is 14.6. The van der Waals surface area contributed by atoms with Crippen LogP contribution in [0.4, 0.5) is 0 Å². The van der Waals surface area contributed by atoms with Gasteiger partial charge in [0.15, 0.2) is 11.4 Å². The smallest absolute Gasteiger partial charge is 0.246 e. The molecule has 3 heterocycles. The number of furan rings is 1. The molecular weight excluding hydrogens is 352 g/mol. The molecule has 9 heteroatoms. The minimum Gasteiger partial charge on any atom is -0.466 e. The van der Waals surface area contributed by atoms with Crippen LogP contribution in [0.5, 0.6) is 0 Å². The highest BCUT2D eigenvalue weighted by atomic mass is 32.2. The van der Waals surface area contributed by atoms with Gasteiger partial charge in [-0.05, 0) is 37.4 Å². The maximum absolute atomic E-state index is 12.6. The molecule has 128 valence electrons. The van der Waals surface area contributed by atoms with Crippen LogP contribution in [0, 0.1) is 13.8 Å². The molecule has 0 aliphatic carbocycles. The van der Waals surface area contributed by atoms with Crippen LogP contribution in [-0.2, 0) is 15.6 Å². The number of aromatic nitrogens is 1. The van der Waals surface area contributed by atoms with E-state index in [4.69, 9.17) is 8.94 Å². The third kappa shape index (κ3) is 2.91. The summed E-state index contributed by atoms with van der Waals surface area (Å²) >= 11 is 1.31. The number of aryl methyl sites for hydroxylation is 2. The van der Waals surface area contributed by atoms with E-state index in [0.29, 0.717) is 4.88 Å². The number of sulfonamides is 1. The number of hydrogen-bond donors (Lipinski definition) is 2. The quantitative estimate of drug-likeness (QED) is 0.691. The van der Waals surface area contributed by atoms with Crippen LogP contribution >= 0.6 is 11.3 Å². The van der Waals surface area contributed by atoms with E-state index in [-0.39, 0.29) is 28.7 Å². The molecule has 0 spiro atoms. The molecule has 0 saturated heterocycles. The minimum atomic E-state index is -3.90. The second-order valence-electron chi connectivity index (χ2n) is 5.29. The van der Waals surface area contributed by atoms with Crippen molar-refractivity contribution >= 4 is 21.4 Å². The third-order valence-electron chi connectivity index (χ3n) is 3.61. The molecule has 0 aromatic carbocycles. The number of rotatable bonds is 6. The number of nitrogens with one attached hydrogen (secondary N) is 1. The van der Waals surface area contributed by atoms with Gasteiger partial charge in [0.1, 0.15) is 16.3 Å². The highest BCUT2D eigenvalue weighted by molar-refractivity contribution is 7.89. The van der Waals surface area contributed by atoms with E-state index in [2.05, 4.69) is 9.88 Å². The van der Waals surface area contributed by atoms with Crippen molar-refractivity contribution in [2.75, 3.05) is 6.54 Å².